The molecular formula is C35H25N3O3. The second-order valence-electron chi connectivity index (χ2n) is 10.2. The molecule has 0 saturated carbocycles. The molecule has 7 rings (SSSR count). The molecule has 198 valence electrons. The number of fused-ring (bicyclic) bond motifs is 3. The fourth-order valence-electron chi connectivity index (χ4n) is 5.82. The first kappa shape index (κ1) is 24.8. The standard InChI is InChI=1S/C35H25N3O3/c39-31(27-18-8-12-22-10-4-6-16-25(22)27)20-29-30(21-32(40)28-19-9-13-23-11-5-7-17-26(23)28)36-34-33(29)35(41)38(37-34)24-14-2-1-3-15-24/h1-19,34,37H,20-21H2. The van der Waals surface area contributed by atoms with Gasteiger partial charge in [-0.1, -0.05) is 103 Å². The number of hydrazine groups is 1. The van der Waals surface area contributed by atoms with Crippen LogP contribution >= 0.6 is 0 Å². The van der Waals surface area contributed by atoms with E-state index in [2.05, 4.69) is 5.43 Å². The van der Waals surface area contributed by atoms with Gasteiger partial charge in [-0.25, -0.2) is 5.01 Å². The van der Waals surface area contributed by atoms with Crippen molar-refractivity contribution >= 4 is 50.4 Å². The van der Waals surface area contributed by atoms with Crippen LogP contribution in [0.25, 0.3) is 21.5 Å². The zero-order valence-electron chi connectivity index (χ0n) is 22.1. The van der Waals surface area contributed by atoms with Crippen LogP contribution in [0.4, 0.5) is 5.69 Å². The van der Waals surface area contributed by atoms with E-state index in [-0.39, 0.29) is 30.3 Å². The predicted octanol–water partition coefficient (Wildman–Crippen LogP) is 6.47. The highest BCUT2D eigenvalue weighted by Crippen LogP contribution is 2.35. The molecule has 1 amide bonds. The Bertz CT molecular complexity index is 1930. The lowest BCUT2D eigenvalue weighted by Crippen LogP contribution is -2.37. The lowest BCUT2D eigenvalue weighted by molar-refractivity contribution is -0.114. The number of allylic oxidation sites excluding steroid dienone is 1. The number of amides is 1. The van der Waals surface area contributed by atoms with Gasteiger partial charge in [0, 0.05) is 23.3 Å². The van der Waals surface area contributed by atoms with Crippen LogP contribution in [0, 0.1) is 0 Å². The molecule has 1 N–H and O–H groups in total. The summed E-state index contributed by atoms with van der Waals surface area (Å²) in [6.07, 6.45) is -0.697. The molecule has 5 aromatic rings. The maximum Gasteiger partial charge on any atom is 0.272 e. The van der Waals surface area contributed by atoms with E-state index in [1.807, 2.05) is 115 Å². The zero-order valence-corrected chi connectivity index (χ0v) is 22.1. The van der Waals surface area contributed by atoms with Gasteiger partial charge in [-0.15, -0.1) is 0 Å². The first-order valence-electron chi connectivity index (χ1n) is 13.6. The second kappa shape index (κ2) is 10.1. The third kappa shape index (κ3) is 4.35. The van der Waals surface area contributed by atoms with Crippen molar-refractivity contribution < 1.29 is 14.4 Å². The van der Waals surface area contributed by atoms with Crippen LogP contribution in [0.5, 0.6) is 0 Å². The van der Waals surface area contributed by atoms with Gasteiger partial charge in [-0.05, 0) is 39.3 Å². The predicted molar refractivity (Wildman–Crippen MR) is 161 cm³/mol. The lowest BCUT2D eigenvalue weighted by atomic mass is 9.90. The molecule has 6 heteroatoms. The molecule has 2 aliphatic heterocycles. The molecule has 0 bridgehead atoms. The summed E-state index contributed by atoms with van der Waals surface area (Å²) < 4.78 is 0. The highest BCUT2D eigenvalue weighted by molar-refractivity contribution is 6.26. The number of anilines is 1. The van der Waals surface area contributed by atoms with E-state index in [1.54, 1.807) is 0 Å². The van der Waals surface area contributed by atoms with Crippen molar-refractivity contribution in [2.75, 3.05) is 5.01 Å². The summed E-state index contributed by atoms with van der Waals surface area (Å²) in [7, 11) is 0. The third-order valence-electron chi connectivity index (χ3n) is 7.78. The number of hydrogen-bond acceptors (Lipinski definition) is 5. The number of para-hydroxylation sites is 1. The Morgan fingerprint density at radius 1 is 0.659 bits per heavy atom. The molecule has 1 saturated heterocycles. The Hall–Kier alpha value is -5.20. The molecule has 2 aliphatic rings. The van der Waals surface area contributed by atoms with Crippen LogP contribution in [-0.4, -0.2) is 29.4 Å². The molecule has 0 aromatic heterocycles. The van der Waals surface area contributed by atoms with E-state index in [0.717, 1.165) is 21.5 Å². The smallest absolute Gasteiger partial charge is 0.272 e. The number of Topliss-reactive ketones (excluding diaryl/α,β-unsaturated/α-hetero) is 2. The molecular weight excluding hydrogens is 510 g/mol. The molecule has 2 heterocycles. The van der Waals surface area contributed by atoms with Gasteiger partial charge >= 0.3 is 0 Å². The summed E-state index contributed by atoms with van der Waals surface area (Å²) in [5.74, 6) is -0.497. The fourth-order valence-corrected chi connectivity index (χ4v) is 5.82. The van der Waals surface area contributed by atoms with Crippen molar-refractivity contribution in [3.05, 3.63) is 138 Å². The molecule has 5 aromatic carbocycles. The molecule has 1 unspecified atom stereocenters. The Morgan fingerprint density at radius 2 is 1.20 bits per heavy atom. The van der Waals surface area contributed by atoms with Gasteiger partial charge in [0.2, 0.25) is 0 Å². The zero-order chi connectivity index (χ0) is 27.9. The van der Waals surface area contributed by atoms with Crippen LogP contribution in [0.2, 0.25) is 0 Å². The van der Waals surface area contributed by atoms with E-state index < -0.39 is 6.17 Å². The van der Waals surface area contributed by atoms with E-state index >= 15 is 0 Å². The first-order chi connectivity index (χ1) is 20.1. The Morgan fingerprint density at radius 3 is 1.83 bits per heavy atom. The average molecular weight is 536 g/mol. The summed E-state index contributed by atoms with van der Waals surface area (Å²) >= 11 is 0. The topological polar surface area (TPSA) is 78.8 Å². The van der Waals surface area contributed by atoms with Gasteiger partial charge in [0.05, 0.1) is 17.7 Å². The maximum atomic E-state index is 13.8. The average Bonchev–Trinajstić information content (AvgIpc) is 3.52. The van der Waals surface area contributed by atoms with Gasteiger partial charge in [-0.3, -0.25) is 19.4 Å². The summed E-state index contributed by atoms with van der Waals surface area (Å²) in [5, 5.41) is 5.13. The number of carbonyl (C=O) groups is 3. The SMILES string of the molecule is O=C(CC1=NC2NN(c3ccccc3)C(=O)C2=C1CC(=O)c1cccc2ccccc12)c1cccc2ccccc12. The number of rotatable bonds is 7. The van der Waals surface area contributed by atoms with Crippen molar-refractivity contribution in [2.24, 2.45) is 4.99 Å². The van der Waals surface area contributed by atoms with Crippen LogP contribution in [-0.2, 0) is 4.79 Å². The van der Waals surface area contributed by atoms with Crippen molar-refractivity contribution in [2.45, 2.75) is 19.0 Å². The number of ketones is 2. The van der Waals surface area contributed by atoms with Crippen LogP contribution in [0.3, 0.4) is 0 Å². The Labute approximate surface area is 236 Å². The van der Waals surface area contributed by atoms with E-state index in [4.69, 9.17) is 4.99 Å². The van der Waals surface area contributed by atoms with Crippen molar-refractivity contribution in [3.8, 4) is 0 Å². The lowest BCUT2D eigenvalue weighted by Gasteiger charge is -2.17. The monoisotopic (exact) mass is 535 g/mol. The summed E-state index contributed by atoms with van der Waals surface area (Å²) in [5.41, 5.74) is 6.46. The molecule has 1 fully saturated rings. The maximum absolute atomic E-state index is 13.8. The Balaban J connectivity index is 1.27. The largest absolute Gasteiger partial charge is 0.294 e. The van der Waals surface area contributed by atoms with Crippen molar-refractivity contribution in [1.29, 1.82) is 0 Å². The van der Waals surface area contributed by atoms with Crippen molar-refractivity contribution in [3.63, 3.8) is 0 Å². The van der Waals surface area contributed by atoms with E-state index in [0.29, 0.717) is 33.7 Å². The van der Waals surface area contributed by atoms with E-state index in [9.17, 15) is 14.4 Å². The number of nitrogens with zero attached hydrogens (tertiary/aromatic N) is 2. The Kier molecular flexibility index (Phi) is 6.10. The van der Waals surface area contributed by atoms with Crippen LogP contribution < -0.4 is 10.4 Å². The van der Waals surface area contributed by atoms with Gasteiger partial charge in [0.25, 0.3) is 5.91 Å². The minimum absolute atomic E-state index is 0.00748. The minimum atomic E-state index is -0.659. The van der Waals surface area contributed by atoms with Crippen molar-refractivity contribution in [1.82, 2.24) is 5.43 Å². The number of nitrogens with one attached hydrogen (secondary N) is 1. The molecule has 0 radical (unpaired) electrons. The number of hydrogen-bond donors (Lipinski definition) is 1. The minimum Gasteiger partial charge on any atom is -0.294 e. The van der Waals surface area contributed by atoms with Gasteiger partial charge in [-0.2, -0.15) is 5.43 Å². The van der Waals surface area contributed by atoms with Crippen LogP contribution in [0.15, 0.2) is 131 Å². The fraction of sp³-hybridized carbons (Fsp3) is 0.0857. The van der Waals surface area contributed by atoms with E-state index in [1.165, 1.54) is 5.01 Å². The molecule has 0 spiro atoms. The van der Waals surface area contributed by atoms with Gasteiger partial charge in [0.1, 0.15) is 6.17 Å². The number of benzene rings is 5. The summed E-state index contributed by atoms with van der Waals surface area (Å²) in [6.45, 7) is 0. The van der Waals surface area contributed by atoms with Crippen LogP contribution in [0.1, 0.15) is 33.6 Å². The second-order valence-corrected chi connectivity index (χ2v) is 10.2. The van der Waals surface area contributed by atoms with Gasteiger partial charge < -0.3 is 0 Å². The highest BCUT2D eigenvalue weighted by Gasteiger charge is 2.43. The number of carbonyl (C=O) groups excluding carboxylic acids is 3. The third-order valence-corrected chi connectivity index (χ3v) is 7.78. The summed E-state index contributed by atoms with van der Waals surface area (Å²) in [6, 6.07) is 36.1. The summed E-state index contributed by atoms with van der Waals surface area (Å²) in [4.78, 5) is 46.0. The quantitative estimate of drug-likeness (QED) is 0.242. The normalized spacial score (nSPS) is 16.4. The highest BCUT2D eigenvalue weighted by atomic mass is 16.2. The first-order valence-corrected chi connectivity index (χ1v) is 13.6. The number of aliphatic imine (C=N–C) groups is 1. The molecule has 0 aliphatic carbocycles. The molecule has 41 heavy (non-hydrogen) atoms. The molecule has 1 atom stereocenters. The molecule has 6 nitrogen and oxygen atoms in total. The van der Waals surface area contributed by atoms with Gasteiger partial charge in [0.15, 0.2) is 11.6 Å².